The third kappa shape index (κ3) is 2.12. The molecule has 0 aromatic carbocycles. The van der Waals surface area contributed by atoms with E-state index in [2.05, 4.69) is 26.1 Å². The summed E-state index contributed by atoms with van der Waals surface area (Å²) in [6, 6.07) is 0. The van der Waals surface area contributed by atoms with E-state index in [0.717, 1.165) is 12.5 Å². The van der Waals surface area contributed by atoms with Gasteiger partial charge < -0.3 is 10.4 Å². The van der Waals surface area contributed by atoms with E-state index < -0.39 is 0 Å². The second kappa shape index (κ2) is 3.96. The van der Waals surface area contributed by atoms with E-state index in [-0.39, 0.29) is 0 Å². The Morgan fingerprint density at radius 3 is 2.22 bits per heavy atom. The Kier molecular flexibility index (Phi) is 2.84. The van der Waals surface area contributed by atoms with Crippen molar-refractivity contribution in [3.05, 3.63) is 0 Å². The van der Waals surface area contributed by atoms with Gasteiger partial charge in [0, 0.05) is 18.7 Å². The molecule has 0 radical (unpaired) electrons. The van der Waals surface area contributed by atoms with Crippen LogP contribution in [0.5, 0.6) is 0 Å². The Morgan fingerprint density at radius 1 is 1.11 bits per heavy atom. The molecular formula is C16H29NO. The van der Waals surface area contributed by atoms with E-state index in [9.17, 15) is 5.11 Å². The normalized spacial score (nSPS) is 51.7. The molecule has 104 valence electrons. The second-order valence-corrected chi connectivity index (χ2v) is 8.58. The van der Waals surface area contributed by atoms with E-state index in [4.69, 9.17) is 0 Å². The molecular weight excluding hydrogens is 222 g/mol. The molecule has 2 N–H and O–H groups in total. The number of aliphatic hydroxyl groups excluding tert-OH is 1. The van der Waals surface area contributed by atoms with Gasteiger partial charge in [-0.25, -0.2) is 0 Å². The minimum Gasteiger partial charge on any atom is -0.396 e. The summed E-state index contributed by atoms with van der Waals surface area (Å²) in [5.74, 6) is 1.34. The molecule has 4 fully saturated rings. The summed E-state index contributed by atoms with van der Waals surface area (Å²) in [6.45, 7) is 8.45. The zero-order valence-corrected chi connectivity index (χ0v) is 12.3. The maximum Gasteiger partial charge on any atom is 0.0468 e. The number of hydrogen-bond donors (Lipinski definition) is 2. The van der Waals surface area contributed by atoms with E-state index in [0.29, 0.717) is 28.9 Å². The van der Waals surface area contributed by atoms with Crippen molar-refractivity contribution in [2.24, 2.45) is 22.7 Å². The predicted octanol–water partition coefficient (Wildman–Crippen LogP) is 2.95. The van der Waals surface area contributed by atoms with Gasteiger partial charge in [-0.2, -0.15) is 0 Å². The minimum atomic E-state index is 0.307. The zero-order valence-electron chi connectivity index (χ0n) is 12.3. The Balaban J connectivity index is 1.76. The topological polar surface area (TPSA) is 32.3 Å². The van der Waals surface area contributed by atoms with Gasteiger partial charge in [-0.1, -0.05) is 20.8 Å². The molecule has 0 spiro atoms. The van der Waals surface area contributed by atoms with Crippen molar-refractivity contribution in [2.75, 3.05) is 13.2 Å². The molecule has 4 bridgehead atoms. The molecule has 2 heteroatoms. The van der Waals surface area contributed by atoms with Crippen molar-refractivity contribution >= 4 is 0 Å². The largest absolute Gasteiger partial charge is 0.396 e. The van der Waals surface area contributed by atoms with Crippen molar-refractivity contribution in [3.8, 4) is 0 Å². The highest BCUT2D eigenvalue weighted by molar-refractivity contribution is 5.14. The number of nitrogens with one attached hydrogen (secondary N) is 1. The first kappa shape index (κ1) is 12.9. The van der Waals surface area contributed by atoms with E-state index >= 15 is 0 Å². The molecule has 4 saturated carbocycles. The maximum atomic E-state index is 9.21. The lowest BCUT2D eigenvalue weighted by Crippen LogP contribution is -2.64. The zero-order chi connectivity index (χ0) is 13.0. The molecule has 2 nitrogen and oxygen atoms in total. The summed E-state index contributed by atoms with van der Waals surface area (Å²) in [7, 11) is 0. The van der Waals surface area contributed by atoms with Crippen LogP contribution in [0.3, 0.4) is 0 Å². The van der Waals surface area contributed by atoms with Crippen molar-refractivity contribution in [2.45, 2.75) is 64.8 Å². The fourth-order valence-electron chi connectivity index (χ4n) is 6.10. The van der Waals surface area contributed by atoms with Gasteiger partial charge in [-0.05, 0) is 61.2 Å². The highest BCUT2D eigenvalue weighted by Crippen LogP contribution is 2.66. The first-order valence-corrected chi connectivity index (χ1v) is 7.72. The molecule has 18 heavy (non-hydrogen) atoms. The van der Waals surface area contributed by atoms with Gasteiger partial charge in [0.05, 0.1) is 0 Å². The van der Waals surface area contributed by atoms with Crippen LogP contribution in [0.1, 0.15) is 59.3 Å². The van der Waals surface area contributed by atoms with Crippen LogP contribution in [0.25, 0.3) is 0 Å². The standard InChI is InChI=1S/C16H29NO/c1-12(8-18)7-17-16-6-13-4-14(2,10-16)9-15(3,5-13)11-16/h12-13,17-18H,4-11H2,1-3H3. The SMILES string of the molecule is CC(CO)CNC12CC3CC(C)(CC(C)(C3)C1)C2. The molecule has 4 aliphatic carbocycles. The molecule has 0 amide bonds. The van der Waals surface area contributed by atoms with E-state index in [1.807, 2.05) is 0 Å². The quantitative estimate of drug-likeness (QED) is 0.805. The number of aliphatic hydroxyl groups is 1. The summed E-state index contributed by atoms with van der Waals surface area (Å²) < 4.78 is 0. The van der Waals surface area contributed by atoms with Crippen LogP contribution in [-0.2, 0) is 0 Å². The summed E-state index contributed by atoms with van der Waals surface area (Å²) in [5, 5.41) is 13.1. The van der Waals surface area contributed by atoms with Gasteiger partial charge in [-0.15, -0.1) is 0 Å². The van der Waals surface area contributed by atoms with Gasteiger partial charge in [0.25, 0.3) is 0 Å². The predicted molar refractivity (Wildman–Crippen MR) is 74.4 cm³/mol. The van der Waals surface area contributed by atoms with Crippen LogP contribution in [0.4, 0.5) is 0 Å². The number of hydrogen-bond acceptors (Lipinski definition) is 2. The average Bonchev–Trinajstić information content (AvgIpc) is 2.21. The van der Waals surface area contributed by atoms with Crippen LogP contribution >= 0.6 is 0 Å². The van der Waals surface area contributed by atoms with Gasteiger partial charge >= 0.3 is 0 Å². The molecule has 0 saturated heterocycles. The highest BCUT2D eigenvalue weighted by atomic mass is 16.3. The Morgan fingerprint density at radius 2 is 1.72 bits per heavy atom. The number of rotatable bonds is 4. The first-order valence-electron chi connectivity index (χ1n) is 7.72. The monoisotopic (exact) mass is 251 g/mol. The second-order valence-electron chi connectivity index (χ2n) is 8.58. The highest BCUT2D eigenvalue weighted by Gasteiger charge is 2.59. The molecule has 0 aromatic heterocycles. The smallest absolute Gasteiger partial charge is 0.0468 e. The maximum absolute atomic E-state index is 9.21. The molecule has 4 aliphatic rings. The Bertz CT molecular complexity index is 322. The fourth-order valence-corrected chi connectivity index (χ4v) is 6.10. The first-order chi connectivity index (χ1) is 8.36. The molecule has 0 heterocycles. The lowest BCUT2D eigenvalue weighted by molar-refractivity contribution is -0.118. The summed E-state index contributed by atoms with van der Waals surface area (Å²) in [6.07, 6.45) is 8.48. The molecule has 4 rings (SSSR count). The Labute approximate surface area is 112 Å². The van der Waals surface area contributed by atoms with Gasteiger partial charge in [0.2, 0.25) is 0 Å². The molecule has 3 atom stereocenters. The summed E-state index contributed by atoms with van der Waals surface area (Å²) in [4.78, 5) is 0. The lowest BCUT2D eigenvalue weighted by atomic mass is 9.43. The average molecular weight is 251 g/mol. The van der Waals surface area contributed by atoms with Crippen LogP contribution in [0, 0.1) is 22.7 Å². The van der Waals surface area contributed by atoms with Crippen LogP contribution in [0.2, 0.25) is 0 Å². The summed E-state index contributed by atoms with van der Waals surface area (Å²) >= 11 is 0. The van der Waals surface area contributed by atoms with Crippen molar-refractivity contribution in [1.29, 1.82) is 0 Å². The minimum absolute atomic E-state index is 0.307. The third-order valence-electron chi connectivity index (χ3n) is 5.76. The van der Waals surface area contributed by atoms with Gasteiger partial charge in [0.1, 0.15) is 0 Å². The van der Waals surface area contributed by atoms with Crippen molar-refractivity contribution < 1.29 is 5.11 Å². The Hall–Kier alpha value is -0.0800. The van der Waals surface area contributed by atoms with Crippen LogP contribution < -0.4 is 5.32 Å². The van der Waals surface area contributed by atoms with Gasteiger partial charge in [0.15, 0.2) is 0 Å². The lowest BCUT2D eigenvalue weighted by Gasteiger charge is -2.65. The molecule has 0 aromatic rings. The van der Waals surface area contributed by atoms with Gasteiger partial charge in [-0.3, -0.25) is 0 Å². The summed E-state index contributed by atoms with van der Waals surface area (Å²) in [5.41, 5.74) is 1.57. The van der Waals surface area contributed by atoms with E-state index in [1.165, 1.54) is 38.5 Å². The van der Waals surface area contributed by atoms with Crippen LogP contribution in [-0.4, -0.2) is 23.8 Å². The fraction of sp³-hybridized carbons (Fsp3) is 1.00. The molecule has 0 aliphatic heterocycles. The molecule has 3 unspecified atom stereocenters. The van der Waals surface area contributed by atoms with Crippen molar-refractivity contribution in [3.63, 3.8) is 0 Å². The van der Waals surface area contributed by atoms with Crippen molar-refractivity contribution in [1.82, 2.24) is 5.32 Å². The third-order valence-corrected chi connectivity index (χ3v) is 5.76. The van der Waals surface area contributed by atoms with Crippen LogP contribution in [0.15, 0.2) is 0 Å². The van der Waals surface area contributed by atoms with E-state index in [1.54, 1.807) is 0 Å².